The van der Waals surface area contributed by atoms with Gasteiger partial charge in [-0.15, -0.1) is 0 Å². The minimum Gasteiger partial charge on any atom is -0.360 e. The van der Waals surface area contributed by atoms with Crippen LogP contribution in [0.2, 0.25) is 0 Å². The van der Waals surface area contributed by atoms with Gasteiger partial charge in [0.2, 0.25) is 0 Å². The Morgan fingerprint density at radius 3 is 2.52 bits per heavy atom. The van der Waals surface area contributed by atoms with Crippen molar-refractivity contribution in [1.29, 1.82) is 0 Å². The third kappa shape index (κ3) is 4.25. The van der Waals surface area contributed by atoms with Crippen LogP contribution in [0.15, 0.2) is 16.7 Å². The highest BCUT2D eigenvalue weighted by molar-refractivity contribution is 5.77. The van der Waals surface area contributed by atoms with Gasteiger partial charge in [0.15, 0.2) is 12.4 Å². The Hall–Kier alpha value is -2.12. The van der Waals surface area contributed by atoms with Crippen LogP contribution >= 0.6 is 0 Å². The van der Waals surface area contributed by atoms with Crippen LogP contribution in [-0.4, -0.2) is 54.4 Å². The molecule has 2 aromatic rings. The van der Waals surface area contributed by atoms with Gasteiger partial charge in [0.25, 0.3) is 5.91 Å². The lowest BCUT2D eigenvalue weighted by molar-refractivity contribution is -1.02. The molecule has 146 valence electrons. The van der Waals surface area contributed by atoms with Crippen LogP contribution < -0.4 is 15.1 Å². The molecule has 1 saturated carbocycles. The Bertz CT molecular complexity index is 812. The lowest BCUT2D eigenvalue weighted by Crippen LogP contribution is -3.28. The highest BCUT2D eigenvalue weighted by Gasteiger charge is 2.29. The van der Waals surface area contributed by atoms with Crippen LogP contribution in [0, 0.1) is 20.8 Å². The maximum absolute atomic E-state index is 12.0. The molecule has 7 heteroatoms. The summed E-state index contributed by atoms with van der Waals surface area (Å²) in [5, 5.41) is 7.27. The van der Waals surface area contributed by atoms with E-state index in [-0.39, 0.29) is 5.91 Å². The molecule has 0 unspecified atom stereocenters. The first-order valence-electron chi connectivity index (χ1n) is 10.1. The van der Waals surface area contributed by atoms with Crippen molar-refractivity contribution in [2.24, 2.45) is 0 Å². The number of rotatable bonds is 6. The predicted octanol–water partition coefficient (Wildman–Crippen LogP) is -1.05. The number of piperazine rings is 1. The molecule has 2 aromatic heterocycles. The summed E-state index contributed by atoms with van der Waals surface area (Å²) in [5.74, 6) is 1.91. The Morgan fingerprint density at radius 1 is 1.19 bits per heavy atom. The van der Waals surface area contributed by atoms with Crippen LogP contribution in [-0.2, 0) is 11.3 Å². The van der Waals surface area contributed by atoms with E-state index < -0.39 is 0 Å². The van der Waals surface area contributed by atoms with Gasteiger partial charge >= 0.3 is 0 Å². The molecule has 27 heavy (non-hydrogen) atoms. The van der Waals surface area contributed by atoms with E-state index in [2.05, 4.69) is 35.0 Å². The number of aryl methyl sites for hydroxylation is 2. The zero-order valence-electron chi connectivity index (χ0n) is 16.6. The van der Waals surface area contributed by atoms with Crippen molar-refractivity contribution in [2.45, 2.75) is 46.2 Å². The van der Waals surface area contributed by atoms with E-state index in [1.54, 1.807) is 4.90 Å². The highest BCUT2D eigenvalue weighted by Crippen LogP contribution is 2.20. The first-order chi connectivity index (χ1) is 13.0. The quantitative estimate of drug-likeness (QED) is 0.606. The molecule has 1 aliphatic heterocycles. The molecule has 1 amide bonds. The molecule has 1 aliphatic carbocycles. The van der Waals surface area contributed by atoms with Gasteiger partial charge < -0.3 is 19.6 Å². The maximum Gasteiger partial charge on any atom is 0.275 e. The third-order valence-corrected chi connectivity index (χ3v) is 5.84. The van der Waals surface area contributed by atoms with E-state index in [4.69, 9.17) is 4.52 Å². The Balaban J connectivity index is 1.33. The normalized spacial score (nSPS) is 22.8. The van der Waals surface area contributed by atoms with Gasteiger partial charge in [-0.25, -0.2) is 0 Å². The van der Waals surface area contributed by atoms with Gasteiger partial charge in [-0.3, -0.25) is 9.36 Å². The largest absolute Gasteiger partial charge is 0.360 e. The Labute approximate surface area is 160 Å². The van der Waals surface area contributed by atoms with Crippen molar-refractivity contribution in [3.05, 3.63) is 34.8 Å². The molecular weight excluding hydrogens is 342 g/mol. The standard InChI is InChI=1S/C20H29N5O2/c1-14-10-17(16(3)25(14)19-11-15(2)27-22-19)12-23-6-8-24(9-7-23)13-20(26)21-18-4-5-18/h10-11,18H,4-9,12-13H2,1-3H3,(H,21,26)/p+2. The van der Waals surface area contributed by atoms with E-state index in [1.807, 2.05) is 13.0 Å². The van der Waals surface area contributed by atoms with E-state index >= 15 is 0 Å². The maximum atomic E-state index is 12.0. The summed E-state index contributed by atoms with van der Waals surface area (Å²) in [6.07, 6.45) is 2.32. The summed E-state index contributed by atoms with van der Waals surface area (Å²) >= 11 is 0. The van der Waals surface area contributed by atoms with Gasteiger partial charge in [-0.2, -0.15) is 0 Å². The zero-order chi connectivity index (χ0) is 19.0. The first-order valence-corrected chi connectivity index (χ1v) is 10.1. The lowest BCUT2D eigenvalue weighted by atomic mass is 10.2. The average Bonchev–Trinajstić information content (AvgIpc) is 3.27. The highest BCUT2D eigenvalue weighted by atomic mass is 16.5. The number of aromatic nitrogens is 2. The third-order valence-electron chi connectivity index (χ3n) is 5.84. The average molecular weight is 374 g/mol. The monoisotopic (exact) mass is 373 g/mol. The molecule has 4 rings (SSSR count). The molecule has 2 aliphatic rings. The second-order valence-electron chi connectivity index (χ2n) is 8.22. The van der Waals surface area contributed by atoms with Gasteiger partial charge in [0.1, 0.15) is 38.5 Å². The molecular formula is C20H31N5O2+2. The van der Waals surface area contributed by atoms with Crippen molar-refractivity contribution in [3.8, 4) is 5.82 Å². The number of hydrogen-bond acceptors (Lipinski definition) is 3. The van der Waals surface area contributed by atoms with E-state index in [1.165, 1.54) is 21.9 Å². The van der Waals surface area contributed by atoms with Crippen molar-refractivity contribution >= 4 is 5.91 Å². The first kappa shape index (κ1) is 18.3. The molecule has 1 saturated heterocycles. The molecule has 0 atom stereocenters. The minimum atomic E-state index is 0.224. The van der Waals surface area contributed by atoms with Crippen LogP contribution in [0.1, 0.15) is 35.6 Å². The SMILES string of the molecule is Cc1cc(-n2c(C)cc(C[NH+]3CC[NH+](CC(=O)NC4CC4)CC3)c2C)no1. The van der Waals surface area contributed by atoms with Crippen LogP contribution in [0.25, 0.3) is 5.82 Å². The van der Waals surface area contributed by atoms with Gasteiger partial charge in [0.05, 0.1) is 0 Å². The fourth-order valence-electron chi connectivity index (χ4n) is 4.13. The molecule has 0 bridgehead atoms. The fraction of sp³-hybridized carbons (Fsp3) is 0.600. The summed E-state index contributed by atoms with van der Waals surface area (Å²) in [6.45, 7) is 12.2. The van der Waals surface area contributed by atoms with Crippen molar-refractivity contribution < 1.29 is 19.1 Å². The molecule has 0 radical (unpaired) electrons. The summed E-state index contributed by atoms with van der Waals surface area (Å²) in [7, 11) is 0. The number of quaternary nitrogens is 2. The van der Waals surface area contributed by atoms with Gasteiger partial charge in [0, 0.05) is 29.1 Å². The van der Waals surface area contributed by atoms with E-state index in [0.29, 0.717) is 12.6 Å². The van der Waals surface area contributed by atoms with Crippen molar-refractivity contribution in [2.75, 3.05) is 32.7 Å². The van der Waals surface area contributed by atoms with E-state index in [9.17, 15) is 4.79 Å². The second-order valence-corrected chi connectivity index (χ2v) is 8.22. The smallest absolute Gasteiger partial charge is 0.275 e. The molecule has 3 N–H and O–H groups in total. The molecule has 3 heterocycles. The predicted molar refractivity (Wildman–Crippen MR) is 101 cm³/mol. The second kappa shape index (κ2) is 7.48. The van der Waals surface area contributed by atoms with Crippen LogP contribution in [0.5, 0.6) is 0 Å². The summed E-state index contributed by atoms with van der Waals surface area (Å²) in [4.78, 5) is 15.0. The molecule has 2 fully saturated rings. The van der Waals surface area contributed by atoms with Crippen LogP contribution in [0.4, 0.5) is 0 Å². The molecule has 0 spiro atoms. The number of hydrogen-bond donors (Lipinski definition) is 3. The number of nitrogens with one attached hydrogen (secondary N) is 3. The number of nitrogens with zero attached hydrogens (tertiary/aromatic N) is 2. The topological polar surface area (TPSA) is 68.9 Å². The van der Waals surface area contributed by atoms with Gasteiger partial charge in [-0.05, 0) is 39.7 Å². The summed E-state index contributed by atoms with van der Waals surface area (Å²) in [5.41, 5.74) is 3.81. The Morgan fingerprint density at radius 2 is 1.89 bits per heavy atom. The van der Waals surface area contributed by atoms with E-state index in [0.717, 1.165) is 57.1 Å². The summed E-state index contributed by atoms with van der Waals surface area (Å²) < 4.78 is 7.42. The van der Waals surface area contributed by atoms with Crippen molar-refractivity contribution in [1.82, 2.24) is 15.0 Å². The molecule has 7 nitrogen and oxygen atoms in total. The number of carbonyl (C=O) groups is 1. The Kier molecular flexibility index (Phi) is 5.06. The van der Waals surface area contributed by atoms with Crippen LogP contribution in [0.3, 0.4) is 0 Å². The zero-order valence-corrected chi connectivity index (χ0v) is 16.6. The van der Waals surface area contributed by atoms with Crippen molar-refractivity contribution in [3.63, 3.8) is 0 Å². The fourth-order valence-corrected chi connectivity index (χ4v) is 4.13. The minimum absolute atomic E-state index is 0.224. The molecule has 0 aromatic carbocycles. The van der Waals surface area contributed by atoms with Gasteiger partial charge in [-0.1, -0.05) is 5.16 Å². The lowest BCUT2D eigenvalue weighted by Gasteiger charge is -2.29. The number of carbonyl (C=O) groups excluding carboxylic acids is 1. The number of amides is 1. The summed E-state index contributed by atoms with van der Waals surface area (Å²) in [6, 6.07) is 4.72.